The lowest BCUT2D eigenvalue weighted by atomic mass is 9.82. The number of benzene rings is 3. The summed E-state index contributed by atoms with van der Waals surface area (Å²) in [7, 11) is -3.28. The second-order valence-electron chi connectivity index (χ2n) is 11.8. The number of nitrogens with zero attached hydrogens (tertiary/aromatic N) is 4. The van der Waals surface area contributed by atoms with Crippen molar-refractivity contribution >= 4 is 42.6 Å². The first-order chi connectivity index (χ1) is 20.1. The van der Waals surface area contributed by atoms with Crippen molar-refractivity contribution in [3.63, 3.8) is 0 Å². The van der Waals surface area contributed by atoms with Crippen LogP contribution in [0.5, 0.6) is 0 Å². The predicted octanol–water partition coefficient (Wildman–Crippen LogP) is 6.38. The molecule has 5 atom stereocenters. The number of aryl methyl sites for hydroxylation is 1. The molecule has 0 bridgehead atoms. The molecule has 0 aliphatic carbocycles. The van der Waals surface area contributed by atoms with Crippen LogP contribution in [0.4, 0.5) is 9.80 Å². The van der Waals surface area contributed by atoms with E-state index in [2.05, 4.69) is 32.9 Å². The van der Waals surface area contributed by atoms with E-state index in [-0.39, 0.29) is 11.8 Å². The molecule has 42 heavy (non-hydrogen) atoms. The van der Waals surface area contributed by atoms with E-state index < -0.39 is 31.8 Å². The third-order valence-electron chi connectivity index (χ3n) is 8.70. The smallest absolute Gasteiger partial charge is 0.264 e. The number of aromatic nitrogens is 3. The van der Waals surface area contributed by atoms with E-state index in [1.807, 2.05) is 85.8 Å². The number of rotatable bonds is 8. The molecule has 0 unspecified atom stereocenters. The Bertz CT molecular complexity index is 1580. The van der Waals surface area contributed by atoms with Gasteiger partial charge in [0.15, 0.2) is 5.60 Å². The van der Waals surface area contributed by atoms with Gasteiger partial charge in [0.2, 0.25) is 8.41 Å². The Kier molecular flexibility index (Phi) is 7.84. The van der Waals surface area contributed by atoms with Gasteiger partial charge in [0, 0.05) is 27.1 Å². The molecule has 2 aliphatic heterocycles. The summed E-state index contributed by atoms with van der Waals surface area (Å²) in [6, 6.07) is 25.2. The maximum Gasteiger partial charge on any atom is 0.264 e. The molecule has 1 spiro atoms. The van der Waals surface area contributed by atoms with Gasteiger partial charge in [-0.05, 0) is 71.4 Å². The Morgan fingerprint density at radius 2 is 1.79 bits per heavy atom. The molecule has 1 aromatic heterocycles. The summed E-state index contributed by atoms with van der Waals surface area (Å²) in [5.74, 6) is -0.485. The highest BCUT2D eigenvalue weighted by atomic mass is 127. The minimum atomic E-state index is -3.28. The van der Waals surface area contributed by atoms with Gasteiger partial charge in [-0.25, -0.2) is 0 Å². The molecule has 2 aliphatic rings. The zero-order valence-corrected chi connectivity index (χ0v) is 27.0. The fraction of sp³-hybridized carbons (Fsp3) is 0.344. The highest BCUT2D eigenvalue weighted by molar-refractivity contribution is 14.1. The topological polar surface area (TPSA) is 80.5 Å². The van der Waals surface area contributed by atoms with E-state index >= 15 is 4.11 Å². The lowest BCUT2D eigenvalue weighted by Gasteiger charge is -2.31. The molecule has 1 fully saturated rings. The molecule has 0 saturated carbocycles. The molecule has 7 nitrogen and oxygen atoms in total. The van der Waals surface area contributed by atoms with Crippen LogP contribution in [0.2, 0.25) is 18.6 Å². The monoisotopic (exact) mass is 696 g/mol. The Morgan fingerprint density at radius 1 is 1.10 bits per heavy atom. The number of halogens is 2. The van der Waals surface area contributed by atoms with Gasteiger partial charge >= 0.3 is 0 Å². The fourth-order valence-electron chi connectivity index (χ4n) is 6.83. The molecule has 3 aromatic carbocycles. The average Bonchev–Trinajstić information content (AvgIpc) is 3.63. The summed E-state index contributed by atoms with van der Waals surface area (Å²) in [5.41, 5.74) is 2.19. The predicted molar refractivity (Wildman–Crippen MR) is 170 cm³/mol. The van der Waals surface area contributed by atoms with Gasteiger partial charge in [-0.2, -0.15) is 0 Å². The SMILES string of the molecule is C[C@@H]1[C@@H]([Si](C)(C)F)[C@H](CCn2cc([C@H](O)c3ccccc3)nn2)O[C@@]12C(=O)N(Cc1ccccc1)c1ccc(I)cc12. The summed E-state index contributed by atoms with van der Waals surface area (Å²) in [4.78, 5) is 16.3. The van der Waals surface area contributed by atoms with Crippen LogP contribution in [-0.4, -0.2) is 40.5 Å². The third-order valence-corrected chi connectivity index (χ3v) is 11.8. The van der Waals surface area contributed by atoms with Crippen LogP contribution in [-0.2, 0) is 28.2 Å². The molecule has 6 rings (SSSR count). The molecule has 0 radical (unpaired) electrons. The van der Waals surface area contributed by atoms with Gasteiger partial charge in [0.05, 0.1) is 24.5 Å². The summed E-state index contributed by atoms with van der Waals surface area (Å²) in [6.45, 7) is 6.25. The fourth-order valence-corrected chi connectivity index (χ4v) is 9.86. The number of carbonyl (C=O) groups is 1. The summed E-state index contributed by atoms with van der Waals surface area (Å²) >= 11 is 2.26. The van der Waals surface area contributed by atoms with Crippen molar-refractivity contribution in [1.82, 2.24) is 15.0 Å². The molecule has 218 valence electrons. The van der Waals surface area contributed by atoms with Gasteiger partial charge in [-0.1, -0.05) is 72.8 Å². The number of ether oxygens (including phenoxy) is 1. The van der Waals surface area contributed by atoms with Crippen LogP contribution >= 0.6 is 22.6 Å². The van der Waals surface area contributed by atoms with E-state index in [1.54, 1.807) is 28.9 Å². The number of hydrogen-bond donors (Lipinski definition) is 1. The number of aliphatic hydroxyl groups is 1. The first-order valence-electron chi connectivity index (χ1n) is 14.3. The zero-order valence-electron chi connectivity index (χ0n) is 23.8. The summed E-state index contributed by atoms with van der Waals surface area (Å²) < 4.78 is 25.7. The van der Waals surface area contributed by atoms with Gasteiger partial charge < -0.3 is 18.9 Å². The highest BCUT2D eigenvalue weighted by Gasteiger charge is 2.66. The zero-order chi connectivity index (χ0) is 29.6. The molecule has 3 heterocycles. The third kappa shape index (κ3) is 5.12. The minimum Gasteiger partial charge on any atom is -0.382 e. The molecule has 10 heteroatoms. The van der Waals surface area contributed by atoms with E-state index in [0.717, 1.165) is 25.9 Å². The van der Waals surface area contributed by atoms with Gasteiger partial charge in [0.25, 0.3) is 5.91 Å². The van der Waals surface area contributed by atoms with E-state index in [4.69, 9.17) is 4.74 Å². The second-order valence-corrected chi connectivity index (χ2v) is 16.9. The van der Waals surface area contributed by atoms with E-state index in [0.29, 0.717) is 25.2 Å². The summed E-state index contributed by atoms with van der Waals surface area (Å²) in [6.07, 6.45) is 0.817. The number of fused-ring (bicyclic) bond motifs is 2. The minimum absolute atomic E-state index is 0.129. The largest absolute Gasteiger partial charge is 0.382 e. The first-order valence-corrected chi connectivity index (χ1v) is 18.3. The quantitative estimate of drug-likeness (QED) is 0.132. The Balaban J connectivity index is 1.30. The Hall–Kier alpha value is -2.93. The number of hydrogen-bond acceptors (Lipinski definition) is 5. The normalized spacial score (nSPS) is 24.4. The van der Waals surface area contributed by atoms with Crippen molar-refractivity contribution in [2.75, 3.05) is 4.90 Å². The van der Waals surface area contributed by atoms with Crippen molar-refractivity contribution in [3.05, 3.63) is 111 Å². The number of anilines is 1. The molecule has 1 saturated heterocycles. The maximum atomic E-state index is 16.1. The van der Waals surface area contributed by atoms with Gasteiger partial charge in [-0.3, -0.25) is 9.48 Å². The van der Waals surface area contributed by atoms with Gasteiger partial charge in [0.1, 0.15) is 11.8 Å². The highest BCUT2D eigenvalue weighted by Crippen LogP contribution is 2.60. The first kappa shape index (κ1) is 29.2. The van der Waals surface area contributed by atoms with Crippen LogP contribution in [0.3, 0.4) is 0 Å². The van der Waals surface area contributed by atoms with Crippen molar-refractivity contribution in [1.29, 1.82) is 0 Å². The maximum absolute atomic E-state index is 16.1. The number of amides is 1. The number of carbonyl (C=O) groups excluding carboxylic acids is 1. The molecule has 1 amide bonds. The molecule has 1 N–H and O–H groups in total. The van der Waals surface area contributed by atoms with Crippen molar-refractivity contribution in [3.8, 4) is 0 Å². The van der Waals surface area contributed by atoms with Crippen LogP contribution in [0.15, 0.2) is 85.1 Å². The second kappa shape index (κ2) is 11.3. The van der Waals surface area contributed by atoms with Crippen molar-refractivity contribution < 1.29 is 18.7 Å². The average molecular weight is 697 g/mol. The van der Waals surface area contributed by atoms with Gasteiger partial charge in [-0.15, -0.1) is 5.10 Å². The van der Waals surface area contributed by atoms with Crippen molar-refractivity contribution in [2.24, 2.45) is 5.92 Å². The standard InChI is InChI=1S/C32H34FIN4O3Si/c1-21-30(42(2,3)33)28(16-17-37-20-26(35-36-37)29(39)23-12-8-5-9-13-23)41-32(21)25-18-24(34)14-15-27(25)38(31(32)40)19-22-10-6-4-7-11-22/h4-15,18,20-21,28-30,39H,16-17,19H2,1-3H3/t21-,28+,29-,30-,32+/m1/s1. The van der Waals surface area contributed by atoms with Crippen LogP contribution in [0, 0.1) is 9.49 Å². The van der Waals surface area contributed by atoms with E-state index in [9.17, 15) is 9.90 Å². The van der Waals surface area contributed by atoms with Crippen LogP contribution in [0.1, 0.15) is 41.8 Å². The van der Waals surface area contributed by atoms with Crippen LogP contribution in [0.25, 0.3) is 0 Å². The lowest BCUT2D eigenvalue weighted by molar-refractivity contribution is -0.146. The van der Waals surface area contributed by atoms with Crippen molar-refractivity contribution in [2.45, 2.75) is 62.9 Å². The molecular weight excluding hydrogens is 662 g/mol. The lowest BCUT2D eigenvalue weighted by Crippen LogP contribution is -2.45. The number of aliphatic hydroxyl groups excluding tert-OH is 1. The van der Waals surface area contributed by atoms with E-state index in [1.165, 1.54) is 0 Å². The Morgan fingerprint density at radius 3 is 2.48 bits per heavy atom. The molecular formula is C32H34FIN4O3Si. The molecule has 4 aromatic rings. The van der Waals surface area contributed by atoms with Crippen LogP contribution < -0.4 is 4.90 Å². The Labute approximate surface area is 260 Å². The summed E-state index contributed by atoms with van der Waals surface area (Å²) in [5, 5.41) is 19.2.